The van der Waals surface area contributed by atoms with Gasteiger partial charge in [-0.3, -0.25) is 0 Å². The van der Waals surface area contributed by atoms with Gasteiger partial charge in [-0.15, -0.1) is 22.7 Å². The maximum absolute atomic E-state index is 11.2. The van der Waals surface area contributed by atoms with Gasteiger partial charge in [-0.1, -0.05) is 48.5 Å². The molecule has 2 aromatic heterocycles. The molecule has 218 valence electrons. The fourth-order valence-corrected chi connectivity index (χ4v) is 7.08. The van der Waals surface area contributed by atoms with E-state index in [2.05, 4.69) is 54.6 Å². The van der Waals surface area contributed by atoms with E-state index in [0.29, 0.717) is 11.3 Å². The van der Waals surface area contributed by atoms with Crippen molar-refractivity contribution in [1.82, 2.24) is 0 Å². The second-order valence-electron chi connectivity index (χ2n) is 9.99. The predicted molar refractivity (Wildman–Crippen MR) is 174 cm³/mol. The van der Waals surface area contributed by atoms with Crippen molar-refractivity contribution in [3.63, 3.8) is 0 Å². The number of rotatable bonds is 11. The van der Waals surface area contributed by atoms with Gasteiger partial charge in [0.25, 0.3) is 0 Å². The number of carbonyl (C=O) groups is 1. The number of carboxylic acids is 1. The molecule has 2 heterocycles. The molecule has 0 aliphatic heterocycles. The number of methoxy groups -OCH3 is 2. The van der Waals surface area contributed by atoms with E-state index in [4.69, 9.17) is 19.8 Å². The van der Waals surface area contributed by atoms with Crippen LogP contribution in [-0.2, 0) is 11.2 Å². The molecule has 3 aromatic carbocycles. The number of benzene rings is 3. The number of hydrogen-bond donors (Lipinski definition) is 1. The third-order valence-corrected chi connectivity index (χ3v) is 9.71. The van der Waals surface area contributed by atoms with Gasteiger partial charge in [-0.25, -0.2) is 4.79 Å². The second-order valence-corrected chi connectivity index (χ2v) is 12.2. The summed E-state index contributed by atoms with van der Waals surface area (Å²) < 4.78 is 10.7. The molecule has 6 nitrogen and oxygen atoms in total. The van der Waals surface area contributed by atoms with Gasteiger partial charge in [0, 0.05) is 25.4 Å². The highest BCUT2D eigenvalue weighted by Crippen LogP contribution is 2.38. The zero-order valence-electron chi connectivity index (χ0n) is 24.1. The topological polar surface area (TPSA) is 103 Å². The molecule has 0 saturated carbocycles. The molecule has 5 aromatic rings. The Balaban J connectivity index is 1.35. The molecule has 1 atom stereocenters. The van der Waals surface area contributed by atoms with E-state index in [1.807, 2.05) is 42.5 Å². The number of nitrogens with zero attached hydrogens (tertiary/aromatic N) is 2. The Kier molecular flexibility index (Phi) is 9.56. The van der Waals surface area contributed by atoms with Crippen LogP contribution in [0.4, 0.5) is 0 Å². The molecular formula is C36H28N2O4S2. The summed E-state index contributed by atoms with van der Waals surface area (Å²) in [5, 5.41) is 28.2. The number of ether oxygens (including phenoxy) is 2. The Labute approximate surface area is 264 Å². The van der Waals surface area contributed by atoms with E-state index < -0.39 is 5.97 Å². The summed E-state index contributed by atoms with van der Waals surface area (Å²) >= 11 is 2.97. The lowest BCUT2D eigenvalue weighted by molar-refractivity contribution is -0.132. The molecule has 0 bridgehead atoms. The molecule has 0 radical (unpaired) electrons. The zero-order chi connectivity index (χ0) is 31.1. The molecule has 0 aliphatic carbocycles. The lowest BCUT2D eigenvalue weighted by Crippen LogP contribution is -2.04. The van der Waals surface area contributed by atoms with Crippen LogP contribution in [0.5, 0.6) is 11.5 Å². The molecule has 8 heteroatoms. The van der Waals surface area contributed by atoms with Gasteiger partial charge in [-0.2, -0.15) is 10.5 Å². The van der Waals surface area contributed by atoms with Gasteiger partial charge >= 0.3 is 5.97 Å². The van der Waals surface area contributed by atoms with Crippen molar-refractivity contribution in [3.8, 4) is 33.4 Å². The van der Waals surface area contributed by atoms with E-state index >= 15 is 0 Å². The number of carboxylic acid groups (broad SMARTS) is 1. The van der Waals surface area contributed by atoms with Crippen LogP contribution in [0.2, 0.25) is 0 Å². The summed E-state index contributed by atoms with van der Waals surface area (Å²) in [5.74, 6) is 0.0645. The van der Waals surface area contributed by atoms with Crippen LogP contribution in [0, 0.1) is 22.7 Å². The standard InChI is InChI=1S/C36H28N2O4S2/c1-41-29-11-7-25(8-12-29)35(26-9-13-30(42-2)14-10-26)24-5-3-23(4-6-24)19-27(21-37)32-17-18-34(44-32)33-16-15-31(43-33)20-28(22-38)36(39)40/h3-18,20,27,35H,19H2,1-2H3,(H,39,40)/b28-20+. The van der Waals surface area contributed by atoms with Gasteiger partial charge in [0.2, 0.25) is 0 Å². The normalized spacial score (nSPS) is 11.9. The van der Waals surface area contributed by atoms with Crippen molar-refractivity contribution < 1.29 is 19.4 Å². The van der Waals surface area contributed by atoms with E-state index in [9.17, 15) is 10.1 Å². The molecule has 0 amide bonds. The van der Waals surface area contributed by atoms with Crippen molar-refractivity contribution in [2.75, 3.05) is 14.2 Å². The Morgan fingerprint density at radius 1 is 0.773 bits per heavy atom. The lowest BCUT2D eigenvalue weighted by atomic mass is 9.84. The monoisotopic (exact) mass is 616 g/mol. The Hall–Kier alpha value is -5.15. The van der Waals surface area contributed by atoms with Crippen LogP contribution in [-0.4, -0.2) is 25.3 Å². The van der Waals surface area contributed by atoms with Crippen LogP contribution in [0.1, 0.15) is 43.8 Å². The van der Waals surface area contributed by atoms with Crippen LogP contribution in [0.15, 0.2) is 103 Å². The third-order valence-electron chi connectivity index (χ3n) is 7.28. The zero-order valence-corrected chi connectivity index (χ0v) is 25.7. The van der Waals surface area contributed by atoms with E-state index in [0.717, 1.165) is 48.4 Å². The lowest BCUT2D eigenvalue weighted by Gasteiger charge is -2.20. The van der Waals surface area contributed by atoms with Crippen LogP contribution in [0.3, 0.4) is 0 Å². The van der Waals surface area contributed by atoms with Crippen molar-refractivity contribution in [2.45, 2.75) is 18.3 Å². The quantitative estimate of drug-likeness (QED) is 0.0906. The Morgan fingerprint density at radius 2 is 1.30 bits per heavy atom. The number of aliphatic carboxylic acids is 1. The Bertz CT molecular complexity index is 1810. The third kappa shape index (κ3) is 6.90. The Morgan fingerprint density at radius 3 is 1.80 bits per heavy atom. The first-order chi connectivity index (χ1) is 21.4. The van der Waals surface area contributed by atoms with Crippen molar-refractivity contribution in [3.05, 3.63) is 135 Å². The minimum absolute atomic E-state index is 0.0118. The van der Waals surface area contributed by atoms with Crippen molar-refractivity contribution in [2.24, 2.45) is 0 Å². The van der Waals surface area contributed by atoms with Gasteiger partial charge in [0.1, 0.15) is 23.1 Å². The van der Waals surface area contributed by atoms with E-state index in [1.54, 1.807) is 37.7 Å². The average molecular weight is 617 g/mol. The molecule has 0 saturated heterocycles. The first kappa shape index (κ1) is 30.3. The van der Waals surface area contributed by atoms with E-state index in [1.165, 1.54) is 17.4 Å². The van der Waals surface area contributed by atoms with Crippen LogP contribution >= 0.6 is 22.7 Å². The second kappa shape index (κ2) is 13.9. The summed E-state index contributed by atoms with van der Waals surface area (Å²) in [7, 11) is 3.32. The smallest absolute Gasteiger partial charge is 0.346 e. The molecule has 1 N–H and O–H groups in total. The fraction of sp³-hybridized carbons (Fsp3) is 0.139. The van der Waals surface area contributed by atoms with Gasteiger partial charge in [0.05, 0.1) is 26.2 Å². The summed E-state index contributed by atoms with van der Waals surface area (Å²) in [6.07, 6.45) is 1.95. The fourth-order valence-electron chi connectivity index (χ4n) is 4.98. The van der Waals surface area contributed by atoms with E-state index in [-0.39, 0.29) is 17.4 Å². The van der Waals surface area contributed by atoms with Crippen molar-refractivity contribution in [1.29, 1.82) is 10.5 Å². The molecule has 5 rings (SSSR count). The van der Waals surface area contributed by atoms with Gasteiger partial charge < -0.3 is 14.6 Å². The maximum Gasteiger partial charge on any atom is 0.346 e. The first-order valence-electron chi connectivity index (χ1n) is 13.7. The minimum atomic E-state index is -1.25. The molecule has 0 spiro atoms. The average Bonchev–Trinajstić information content (AvgIpc) is 3.74. The first-order valence-corrected chi connectivity index (χ1v) is 15.4. The maximum atomic E-state index is 11.2. The van der Waals surface area contributed by atoms with Gasteiger partial charge in [-0.05, 0) is 83.3 Å². The molecule has 0 fully saturated rings. The molecular weight excluding hydrogens is 589 g/mol. The predicted octanol–water partition coefficient (Wildman–Crippen LogP) is 8.52. The largest absolute Gasteiger partial charge is 0.497 e. The highest BCUT2D eigenvalue weighted by Gasteiger charge is 2.19. The SMILES string of the molecule is COc1ccc(C(c2ccc(CC(C#N)c3ccc(-c4ccc(/C=C(\C#N)C(=O)O)s4)s3)cc2)c2ccc(OC)cc2)cc1. The summed E-state index contributed by atoms with van der Waals surface area (Å²) in [5.41, 5.74) is 4.19. The highest BCUT2D eigenvalue weighted by atomic mass is 32.1. The van der Waals surface area contributed by atoms with Gasteiger partial charge in [0.15, 0.2) is 0 Å². The molecule has 0 aliphatic rings. The number of nitriles is 2. The highest BCUT2D eigenvalue weighted by molar-refractivity contribution is 7.22. The molecule has 1 unspecified atom stereocenters. The van der Waals surface area contributed by atoms with Crippen LogP contribution < -0.4 is 9.47 Å². The van der Waals surface area contributed by atoms with Crippen molar-refractivity contribution >= 4 is 34.7 Å². The summed E-state index contributed by atoms with van der Waals surface area (Å²) in [6.45, 7) is 0. The van der Waals surface area contributed by atoms with Crippen LogP contribution in [0.25, 0.3) is 15.8 Å². The number of hydrogen-bond acceptors (Lipinski definition) is 7. The minimum Gasteiger partial charge on any atom is -0.497 e. The summed E-state index contributed by atoms with van der Waals surface area (Å²) in [4.78, 5) is 14.8. The summed E-state index contributed by atoms with van der Waals surface area (Å²) in [6, 6.07) is 36.6. The number of thiophene rings is 2. The molecule has 44 heavy (non-hydrogen) atoms.